The third kappa shape index (κ3) is 10.1. The summed E-state index contributed by atoms with van der Waals surface area (Å²) in [7, 11) is -1.42. The summed E-state index contributed by atoms with van der Waals surface area (Å²) >= 11 is 0. The van der Waals surface area contributed by atoms with Gasteiger partial charge in [-0.3, -0.25) is 0 Å². The summed E-state index contributed by atoms with van der Waals surface area (Å²) in [6, 6.07) is 0. The van der Waals surface area contributed by atoms with Gasteiger partial charge in [0.2, 0.25) is 0 Å². The second-order valence-corrected chi connectivity index (χ2v) is 5.22. The Morgan fingerprint density at radius 2 is 2.13 bits per heavy atom. The van der Waals surface area contributed by atoms with Crippen LogP contribution in [0.2, 0.25) is 0 Å². The van der Waals surface area contributed by atoms with Gasteiger partial charge in [0.25, 0.3) is 0 Å². The largest absolute Gasteiger partial charge is 0.508 e. The van der Waals surface area contributed by atoms with Crippen molar-refractivity contribution < 1.29 is 9.09 Å². The maximum absolute atomic E-state index is 11.4. The van der Waals surface area contributed by atoms with Gasteiger partial charge in [0.05, 0.1) is 0 Å². The van der Waals surface area contributed by atoms with Crippen molar-refractivity contribution in [2.75, 3.05) is 12.8 Å². The Hall–Kier alpha value is -0.200. The third-order valence-electron chi connectivity index (χ3n) is 2.20. The summed E-state index contributed by atoms with van der Waals surface area (Å²) in [4.78, 5) is 0. The number of unbranched alkanes of at least 4 members (excludes halogenated alkanes) is 1. The van der Waals surface area contributed by atoms with E-state index in [1.165, 1.54) is 0 Å². The highest BCUT2D eigenvalue weighted by atomic mass is 31.1. The fourth-order valence-electron chi connectivity index (χ4n) is 1.15. The first-order valence-electron chi connectivity index (χ1n) is 5.94. The average Bonchev–Trinajstić information content (AvgIpc) is 2.24. The Morgan fingerprint density at radius 3 is 2.73 bits per heavy atom. The van der Waals surface area contributed by atoms with Crippen LogP contribution in [0.1, 0.15) is 46.5 Å². The first-order chi connectivity index (χ1) is 7.20. The zero-order valence-electron chi connectivity index (χ0n) is 10.2. The van der Waals surface area contributed by atoms with Crippen LogP contribution in [0, 0.1) is 5.92 Å². The van der Waals surface area contributed by atoms with Crippen molar-refractivity contribution >= 4 is 8.03 Å². The van der Waals surface area contributed by atoms with Crippen molar-refractivity contribution in [2.45, 2.75) is 46.5 Å². The van der Waals surface area contributed by atoms with Crippen molar-refractivity contribution in [3.8, 4) is 0 Å². The molecular weight excluding hydrogens is 207 g/mol. The van der Waals surface area contributed by atoms with Crippen molar-refractivity contribution in [1.29, 1.82) is 0 Å². The standard InChI is InChI=1S/C12H24O2P/c1-4-6-8-12(3)9-11-15(13)14-10-7-5-2/h6,8,12H,4-5,7,9-11H2,1-3H3/q+1. The predicted octanol–water partition coefficient (Wildman–Crippen LogP) is 4.54. The number of rotatable bonds is 9. The van der Waals surface area contributed by atoms with Crippen LogP contribution in [-0.4, -0.2) is 12.8 Å². The molecule has 0 bridgehead atoms. The van der Waals surface area contributed by atoms with Crippen LogP contribution >= 0.6 is 8.03 Å². The number of hydrogen-bond acceptors (Lipinski definition) is 2. The van der Waals surface area contributed by atoms with Crippen LogP contribution in [0.5, 0.6) is 0 Å². The van der Waals surface area contributed by atoms with Crippen LogP contribution in [0.15, 0.2) is 12.2 Å². The molecule has 15 heavy (non-hydrogen) atoms. The van der Waals surface area contributed by atoms with Crippen molar-refractivity contribution in [3.63, 3.8) is 0 Å². The molecule has 0 saturated heterocycles. The van der Waals surface area contributed by atoms with E-state index in [0.29, 0.717) is 18.7 Å². The summed E-state index contributed by atoms with van der Waals surface area (Å²) in [5.74, 6) is 0.513. The lowest BCUT2D eigenvalue weighted by Crippen LogP contribution is -1.94. The minimum absolute atomic E-state index is 0.513. The van der Waals surface area contributed by atoms with E-state index in [0.717, 1.165) is 25.7 Å². The van der Waals surface area contributed by atoms with Gasteiger partial charge in [-0.25, -0.2) is 0 Å². The van der Waals surface area contributed by atoms with Gasteiger partial charge in [-0.05, 0) is 23.3 Å². The molecule has 2 atom stereocenters. The summed E-state index contributed by atoms with van der Waals surface area (Å²) in [5, 5.41) is 0. The van der Waals surface area contributed by atoms with E-state index in [9.17, 15) is 4.57 Å². The van der Waals surface area contributed by atoms with Gasteiger partial charge in [0.1, 0.15) is 6.61 Å². The quantitative estimate of drug-likeness (QED) is 0.331. The normalized spacial score (nSPS) is 14.5. The zero-order valence-corrected chi connectivity index (χ0v) is 11.1. The smallest absolute Gasteiger partial charge is 0.146 e. The Kier molecular flexibility index (Phi) is 10.2. The molecule has 0 aliphatic rings. The molecule has 0 rings (SSSR count). The maximum atomic E-state index is 11.4. The van der Waals surface area contributed by atoms with E-state index in [1.807, 2.05) is 0 Å². The Balaban J connectivity index is 3.48. The molecule has 0 N–H and O–H groups in total. The number of hydrogen-bond donors (Lipinski definition) is 0. The molecule has 2 unspecified atom stereocenters. The monoisotopic (exact) mass is 231 g/mol. The summed E-state index contributed by atoms with van der Waals surface area (Å²) in [5.41, 5.74) is 0. The van der Waals surface area contributed by atoms with Gasteiger partial charge >= 0.3 is 8.03 Å². The highest BCUT2D eigenvalue weighted by Crippen LogP contribution is 2.25. The molecule has 2 nitrogen and oxygen atoms in total. The molecule has 0 spiro atoms. The molecule has 0 aliphatic heterocycles. The molecule has 0 aromatic rings. The lowest BCUT2D eigenvalue weighted by molar-refractivity contribution is 0.319. The highest BCUT2D eigenvalue weighted by molar-refractivity contribution is 7.39. The van der Waals surface area contributed by atoms with E-state index < -0.39 is 8.03 Å². The minimum Gasteiger partial charge on any atom is -0.146 e. The fourth-order valence-corrected chi connectivity index (χ4v) is 2.23. The molecule has 0 aromatic carbocycles. The van der Waals surface area contributed by atoms with E-state index >= 15 is 0 Å². The first kappa shape index (κ1) is 14.8. The van der Waals surface area contributed by atoms with Crippen LogP contribution in [-0.2, 0) is 9.09 Å². The second kappa shape index (κ2) is 10.3. The Labute approximate surface area is 95.0 Å². The maximum Gasteiger partial charge on any atom is 0.508 e. The van der Waals surface area contributed by atoms with Crippen molar-refractivity contribution in [2.24, 2.45) is 5.92 Å². The molecule has 0 amide bonds. The lowest BCUT2D eigenvalue weighted by Gasteiger charge is -1.99. The average molecular weight is 231 g/mol. The molecule has 0 aliphatic carbocycles. The van der Waals surface area contributed by atoms with Gasteiger partial charge in [0.15, 0.2) is 6.16 Å². The summed E-state index contributed by atoms with van der Waals surface area (Å²) in [6.45, 7) is 7.03. The lowest BCUT2D eigenvalue weighted by atomic mass is 10.1. The molecule has 88 valence electrons. The van der Waals surface area contributed by atoms with Crippen molar-refractivity contribution in [3.05, 3.63) is 12.2 Å². The van der Waals surface area contributed by atoms with Gasteiger partial charge in [-0.1, -0.05) is 39.3 Å². The SMILES string of the molecule is CCC=CC(C)CC[P+](=O)OCCCC. The van der Waals surface area contributed by atoms with Gasteiger partial charge in [0, 0.05) is 6.42 Å². The van der Waals surface area contributed by atoms with E-state index in [2.05, 4.69) is 32.9 Å². The molecule has 0 radical (unpaired) electrons. The minimum atomic E-state index is -1.42. The van der Waals surface area contributed by atoms with Crippen LogP contribution in [0.4, 0.5) is 0 Å². The highest BCUT2D eigenvalue weighted by Gasteiger charge is 2.17. The Bertz CT molecular complexity index is 190. The summed E-state index contributed by atoms with van der Waals surface area (Å²) in [6.07, 6.45) is 9.17. The molecule has 0 aromatic heterocycles. The molecule has 3 heteroatoms. The topological polar surface area (TPSA) is 26.3 Å². The molecule has 0 heterocycles. The third-order valence-corrected chi connectivity index (χ3v) is 3.29. The Morgan fingerprint density at radius 1 is 1.40 bits per heavy atom. The first-order valence-corrected chi connectivity index (χ1v) is 7.31. The molecular formula is C12H24O2P+. The fraction of sp³-hybridized carbons (Fsp3) is 0.833. The zero-order chi connectivity index (χ0) is 11.5. The molecule has 0 saturated carbocycles. The second-order valence-electron chi connectivity index (χ2n) is 3.85. The van der Waals surface area contributed by atoms with E-state index in [4.69, 9.17) is 4.52 Å². The van der Waals surface area contributed by atoms with Gasteiger partial charge in [-0.15, -0.1) is 4.52 Å². The van der Waals surface area contributed by atoms with Gasteiger partial charge < -0.3 is 0 Å². The van der Waals surface area contributed by atoms with Crippen LogP contribution in [0.25, 0.3) is 0 Å². The van der Waals surface area contributed by atoms with Crippen molar-refractivity contribution in [1.82, 2.24) is 0 Å². The molecule has 0 fully saturated rings. The van der Waals surface area contributed by atoms with Gasteiger partial charge in [-0.2, -0.15) is 0 Å². The van der Waals surface area contributed by atoms with E-state index in [1.54, 1.807) is 0 Å². The van der Waals surface area contributed by atoms with Crippen LogP contribution in [0.3, 0.4) is 0 Å². The van der Waals surface area contributed by atoms with E-state index in [-0.39, 0.29) is 0 Å². The number of allylic oxidation sites excluding steroid dienone is 2. The van der Waals surface area contributed by atoms with Crippen LogP contribution < -0.4 is 0 Å². The summed E-state index contributed by atoms with van der Waals surface area (Å²) < 4.78 is 16.6. The predicted molar refractivity (Wildman–Crippen MR) is 66.5 cm³/mol.